The number of nitro benzene ring substituents is 1. The van der Waals surface area contributed by atoms with Crippen LogP contribution in [0.2, 0.25) is 0 Å². The largest absolute Gasteiger partial charge is 0.487 e. The van der Waals surface area contributed by atoms with Crippen molar-refractivity contribution in [2.24, 2.45) is 0 Å². The number of para-hydroxylation sites is 2. The van der Waals surface area contributed by atoms with Crippen molar-refractivity contribution in [3.63, 3.8) is 0 Å². The lowest BCUT2D eigenvalue weighted by molar-refractivity contribution is -0.387. The van der Waals surface area contributed by atoms with Crippen molar-refractivity contribution in [3.05, 3.63) is 64.2 Å². The van der Waals surface area contributed by atoms with E-state index >= 15 is 0 Å². The molecule has 0 aliphatic carbocycles. The lowest BCUT2D eigenvalue weighted by atomic mass is 9.84. The van der Waals surface area contributed by atoms with E-state index in [4.69, 9.17) is 4.74 Å². The smallest absolute Gasteiger partial charge is 0.289 e. The van der Waals surface area contributed by atoms with E-state index in [1.54, 1.807) is 0 Å². The molecule has 0 atom stereocenters. The third-order valence-electron chi connectivity index (χ3n) is 5.46. The lowest BCUT2D eigenvalue weighted by Crippen LogP contribution is -2.51. The second-order valence-electron chi connectivity index (χ2n) is 7.02. The molecule has 2 aromatic rings. The van der Waals surface area contributed by atoms with Gasteiger partial charge in [0.15, 0.2) is 4.90 Å². The summed E-state index contributed by atoms with van der Waals surface area (Å²) in [6.45, 7) is 0.576. The molecular weight excluding hydrogens is 368 g/mol. The van der Waals surface area contributed by atoms with Gasteiger partial charge < -0.3 is 4.74 Å². The summed E-state index contributed by atoms with van der Waals surface area (Å²) in [5, 5.41) is 11.2. The third-order valence-corrected chi connectivity index (χ3v) is 7.41. The van der Waals surface area contributed by atoms with Crippen LogP contribution in [0.15, 0.2) is 53.4 Å². The van der Waals surface area contributed by atoms with Crippen molar-refractivity contribution < 1.29 is 18.1 Å². The van der Waals surface area contributed by atoms with Crippen LogP contribution in [0.5, 0.6) is 5.75 Å². The highest BCUT2D eigenvalue weighted by Gasteiger charge is 2.43. The number of aryl methyl sites for hydroxylation is 1. The van der Waals surface area contributed by atoms with Gasteiger partial charge in [0.2, 0.25) is 10.0 Å². The van der Waals surface area contributed by atoms with Crippen molar-refractivity contribution in [1.82, 2.24) is 4.31 Å². The molecule has 1 saturated heterocycles. The maximum atomic E-state index is 13.0. The van der Waals surface area contributed by atoms with Crippen LogP contribution in [0.3, 0.4) is 0 Å². The van der Waals surface area contributed by atoms with E-state index in [1.165, 1.54) is 34.1 Å². The van der Waals surface area contributed by atoms with Crippen LogP contribution in [0.1, 0.15) is 24.8 Å². The first-order valence-corrected chi connectivity index (χ1v) is 10.4. The number of nitrogens with zero attached hydrogens (tertiary/aromatic N) is 2. The molecular formula is C19H20N2O5S. The maximum Gasteiger partial charge on any atom is 0.289 e. The summed E-state index contributed by atoms with van der Waals surface area (Å²) in [5.41, 5.74) is 0.432. The normalized spacial score (nSPS) is 19.3. The van der Waals surface area contributed by atoms with E-state index in [1.807, 2.05) is 18.2 Å². The molecule has 2 aromatic carbocycles. The number of nitro groups is 1. The Labute approximate surface area is 157 Å². The minimum atomic E-state index is -3.92. The van der Waals surface area contributed by atoms with Crippen molar-refractivity contribution in [2.45, 2.75) is 36.2 Å². The number of rotatable bonds is 3. The molecule has 2 aliphatic heterocycles. The molecule has 2 aliphatic rings. The van der Waals surface area contributed by atoms with Crippen LogP contribution >= 0.6 is 0 Å². The van der Waals surface area contributed by atoms with E-state index < -0.39 is 14.9 Å². The van der Waals surface area contributed by atoms with Gasteiger partial charge in [-0.2, -0.15) is 4.31 Å². The molecule has 0 aromatic heterocycles. The van der Waals surface area contributed by atoms with E-state index in [0.29, 0.717) is 12.8 Å². The molecule has 7 nitrogen and oxygen atoms in total. The average Bonchev–Trinajstić information content (AvgIpc) is 2.68. The molecule has 0 amide bonds. The number of sulfonamides is 1. The quantitative estimate of drug-likeness (QED) is 0.595. The standard InChI is InChI=1S/C19H20N2O5S/c22-21(23)16-6-2-4-8-18(16)27(24,25)20-13-11-19(12-14-20)10-9-15-5-1-3-7-17(15)26-19/h1-8H,9-14H2. The summed E-state index contributed by atoms with van der Waals surface area (Å²) in [7, 11) is -3.92. The summed E-state index contributed by atoms with van der Waals surface area (Å²) >= 11 is 0. The van der Waals surface area contributed by atoms with Crippen LogP contribution in [-0.4, -0.2) is 36.3 Å². The van der Waals surface area contributed by atoms with Gasteiger partial charge in [-0.1, -0.05) is 30.3 Å². The van der Waals surface area contributed by atoms with Crippen LogP contribution in [0, 0.1) is 10.1 Å². The molecule has 4 rings (SSSR count). The highest BCUT2D eigenvalue weighted by Crippen LogP contribution is 2.40. The van der Waals surface area contributed by atoms with Gasteiger partial charge in [0.05, 0.1) is 4.92 Å². The molecule has 8 heteroatoms. The zero-order chi connectivity index (χ0) is 19.1. The van der Waals surface area contributed by atoms with Gasteiger partial charge in [-0.3, -0.25) is 10.1 Å². The van der Waals surface area contributed by atoms with Gasteiger partial charge in [-0.05, 0) is 30.5 Å². The Morgan fingerprint density at radius 3 is 2.41 bits per heavy atom. The van der Waals surface area contributed by atoms with Gasteiger partial charge >= 0.3 is 0 Å². The molecule has 1 fully saturated rings. The van der Waals surface area contributed by atoms with Crippen LogP contribution in [-0.2, 0) is 16.4 Å². The zero-order valence-corrected chi connectivity index (χ0v) is 15.5. The topological polar surface area (TPSA) is 89.8 Å². The molecule has 0 saturated carbocycles. The molecule has 2 heterocycles. The minimum Gasteiger partial charge on any atom is -0.487 e. The molecule has 27 heavy (non-hydrogen) atoms. The number of piperidine rings is 1. The number of ether oxygens (including phenoxy) is 1. The van der Waals surface area contributed by atoms with E-state index in [-0.39, 0.29) is 29.3 Å². The second kappa shape index (κ2) is 6.61. The molecule has 0 unspecified atom stereocenters. The average molecular weight is 388 g/mol. The highest BCUT2D eigenvalue weighted by atomic mass is 32.2. The first-order chi connectivity index (χ1) is 12.9. The first kappa shape index (κ1) is 17.9. The van der Waals surface area contributed by atoms with Crippen molar-refractivity contribution >= 4 is 15.7 Å². The third kappa shape index (κ3) is 3.19. The van der Waals surface area contributed by atoms with Gasteiger partial charge in [0, 0.05) is 32.0 Å². The SMILES string of the molecule is O=[N+]([O-])c1ccccc1S(=O)(=O)N1CCC2(CCc3ccccc3O2)CC1. The van der Waals surface area contributed by atoms with Gasteiger partial charge in [-0.25, -0.2) is 8.42 Å². The van der Waals surface area contributed by atoms with Crippen LogP contribution in [0.25, 0.3) is 0 Å². The Hall–Kier alpha value is -2.45. The van der Waals surface area contributed by atoms with E-state index in [0.717, 1.165) is 18.6 Å². The minimum absolute atomic E-state index is 0.249. The van der Waals surface area contributed by atoms with Crippen molar-refractivity contribution in [2.75, 3.05) is 13.1 Å². The van der Waals surface area contributed by atoms with Gasteiger partial charge in [0.25, 0.3) is 5.69 Å². The lowest BCUT2D eigenvalue weighted by Gasteiger charge is -2.44. The second-order valence-corrected chi connectivity index (χ2v) is 8.93. The Morgan fingerprint density at radius 1 is 1.00 bits per heavy atom. The Morgan fingerprint density at radius 2 is 1.67 bits per heavy atom. The summed E-state index contributed by atoms with van der Waals surface area (Å²) < 4.78 is 33.5. The predicted octanol–water partition coefficient (Wildman–Crippen LogP) is 3.14. The summed E-state index contributed by atoms with van der Waals surface area (Å²) in [5.74, 6) is 0.874. The predicted molar refractivity (Wildman–Crippen MR) is 99.2 cm³/mol. The number of fused-ring (bicyclic) bond motifs is 1. The van der Waals surface area contributed by atoms with E-state index in [2.05, 4.69) is 6.07 Å². The number of benzene rings is 2. The number of hydrogen-bond donors (Lipinski definition) is 0. The van der Waals surface area contributed by atoms with Crippen molar-refractivity contribution in [3.8, 4) is 5.75 Å². The Bertz CT molecular complexity index is 981. The molecule has 142 valence electrons. The molecule has 0 N–H and O–H groups in total. The fourth-order valence-corrected chi connectivity index (χ4v) is 5.51. The Balaban J connectivity index is 1.54. The maximum absolute atomic E-state index is 13.0. The number of hydrogen-bond acceptors (Lipinski definition) is 5. The molecule has 1 spiro atoms. The first-order valence-electron chi connectivity index (χ1n) is 8.92. The zero-order valence-electron chi connectivity index (χ0n) is 14.7. The van der Waals surface area contributed by atoms with Crippen LogP contribution < -0.4 is 4.74 Å². The van der Waals surface area contributed by atoms with Crippen LogP contribution in [0.4, 0.5) is 5.69 Å². The van der Waals surface area contributed by atoms with Gasteiger partial charge in [-0.15, -0.1) is 0 Å². The fourth-order valence-electron chi connectivity index (χ4n) is 3.91. The molecule has 0 radical (unpaired) electrons. The monoisotopic (exact) mass is 388 g/mol. The summed E-state index contributed by atoms with van der Waals surface area (Å²) in [6.07, 6.45) is 2.90. The highest BCUT2D eigenvalue weighted by molar-refractivity contribution is 7.89. The summed E-state index contributed by atoms with van der Waals surface area (Å²) in [4.78, 5) is 10.3. The molecule has 0 bridgehead atoms. The van der Waals surface area contributed by atoms with Crippen molar-refractivity contribution in [1.29, 1.82) is 0 Å². The summed E-state index contributed by atoms with van der Waals surface area (Å²) in [6, 6.07) is 13.4. The van der Waals surface area contributed by atoms with E-state index in [9.17, 15) is 18.5 Å². The fraction of sp³-hybridized carbons (Fsp3) is 0.368. The van der Waals surface area contributed by atoms with Gasteiger partial charge in [0.1, 0.15) is 11.4 Å². The Kier molecular flexibility index (Phi) is 4.39.